The maximum absolute atomic E-state index is 11.7. The van der Waals surface area contributed by atoms with Crippen molar-refractivity contribution in [3.05, 3.63) is 12.3 Å². The second kappa shape index (κ2) is 5.26. The molecule has 18 heavy (non-hydrogen) atoms. The quantitative estimate of drug-likeness (QED) is 0.593. The molecule has 1 N–H and O–H groups in total. The molecule has 2 aliphatic heterocycles. The first-order valence-corrected chi connectivity index (χ1v) is 5.99. The van der Waals surface area contributed by atoms with Crippen LogP contribution in [0, 0.1) is 0 Å². The summed E-state index contributed by atoms with van der Waals surface area (Å²) in [6, 6.07) is 0. The Morgan fingerprint density at radius 1 is 1.56 bits per heavy atom. The summed E-state index contributed by atoms with van der Waals surface area (Å²) in [7, 11) is 0. The fourth-order valence-electron chi connectivity index (χ4n) is 1.83. The van der Waals surface area contributed by atoms with E-state index in [0.717, 1.165) is 6.42 Å². The summed E-state index contributed by atoms with van der Waals surface area (Å²) in [5.41, 5.74) is 0. The van der Waals surface area contributed by atoms with E-state index in [9.17, 15) is 9.90 Å². The van der Waals surface area contributed by atoms with Gasteiger partial charge in [0.1, 0.15) is 6.10 Å². The minimum Gasteiger partial charge on any atom is -0.487 e. The number of aliphatic hydroxyl groups excluding tert-OH is 1. The van der Waals surface area contributed by atoms with E-state index in [4.69, 9.17) is 18.9 Å². The molecule has 3 atom stereocenters. The van der Waals surface area contributed by atoms with Crippen molar-refractivity contribution in [3.8, 4) is 0 Å². The predicted octanol–water partition coefficient (Wildman–Crippen LogP) is 0.692. The van der Waals surface area contributed by atoms with Crippen LogP contribution >= 0.6 is 0 Å². The third kappa shape index (κ3) is 3.22. The maximum atomic E-state index is 11.7. The van der Waals surface area contributed by atoms with Crippen molar-refractivity contribution in [2.24, 2.45) is 0 Å². The number of carbonyl (C=O) groups excluding carboxylic acids is 1. The number of hydrogen-bond donors (Lipinski definition) is 1. The minimum absolute atomic E-state index is 0.187. The first-order chi connectivity index (χ1) is 8.48. The van der Waals surface area contributed by atoms with E-state index in [1.165, 1.54) is 6.26 Å². The highest BCUT2D eigenvalue weighted by Gasteiger charge is 2.39. The Labute approximate surface area is 105 Å². The Bertz CT molecular complexity index is 337. The van der Waals surface area contributed by atoms with Crippen LogP contribution in [0.3, 0.4) is 0 Å². The number of aliphatic hydroxyl groups is 1. The molecule has 2 rings (SSSR count). The first-order valence-electron chi connectivity index (χ1n) is 5.99. The van der Waals surface area contributed by atoms with Gasteiger partial charge in [-0.25, -0.2) is 4.79 Å². The predicted molar refractivity (Wildman–Crippen MR) is 60.2 cm³/mol. The monoisotopic (exact) mass is 258 g/mol. The van der Waals surface area contributed by atoms with Gasteiger partial charge in [-0.2, -0.15) is 0 Å². The Balaban J connectivity index is 1.82. The Kier molecular flexibility index (Phi) is 3.89. The fourth-order valence-corrected chi connectivity index (χ4v) is 1.83. The van der Waals surface area contributed by atoms with Crippen LogP contribution in [0.2, 0.25) is 0 Å². The average molecular weight is 258 g/mol. The Morgan fingerprint density at radius 3 is 2.89 bits per heavy atom. The average Bonchev–Trinajstić information content (AvgIpc) is 2.71. The zero-order valence-electron chi connectivity index (χ0n) is 10.5. The number of hydrogen-bond acceptors (Lipinski definition) is 6. The van der Waals surface area contributed by atoms with Gasteiger partial charge in [-0.05, 0) is 32.8 Å². The Morgan fingerprint density at radius 2 is 2.33 bits per heavy atom. The molecule has 0 bridgehead atoms. The molecule has 0 aromatic carbocycles. The van der Waals surface area contributed by atoms with Crippen LogP contribution in [0.25, 0.3) is 0 Å². The maximum Gasteiger partial charge on any atom is 0.349 e. The van der Waals surface area contributed by atoms with Gasteiger partial charge in [0.15, 0.2) is 11.9 Å². The first kappa shape index (κ1) is 13.3. The molecule has 0 aliphatic carbocycles. The zero-order valence-corrected chi connectivity index (χ0v) is 10.5. The molecule has 0 saturated carbocycles. The Hall–Kier alpha value is -1.11. The van der Waals surface area contributed by atoms with Crippen LogP contribution < -0.4 is 0 Å². The molecule has 2 heterocycles. The summed E-state index contributed by atoms with van der Waals surface area (Å²) in [5, 5.41) is 9.76. The van der Waals surface area contributed by atoms with Gasteiger partial charge in [0, 0.05) is 0 Å². The van der Waals surface area contributed by atoms with Gasteiger partial charge in [-0.3, -0.25) is 0 Å². The number of allylic oxidation sites excluding steroid dienone is 1. The van der Waals surface area contributed by atoms with E-state index in [0.29, 0.717) is 6.42 Å². The second-order valence-corrected chi connectivity index (χ2v) is 4.77. The highest BCUT2D eigenvalue weighted by molar-refractivity contribution is 5.75. The van der Waals surface area contributed by atoms with Gasteiger partial charge in [-0.15, -0.1) is 0 Å². The van der Waals surface area contributed by atoms with Crippen molar-refractivity contribution in [2.75, 3.05) is 6.61 Å². The second-order valence-electron chi connectivity index (χ2n) is 4.77. The molecular weight excluding hydrogens is 240 g/mol. The van der Waals surface area contributed by atoms with Crippen molar-refractivity contribution < 1.29 is 28.8 Å². The molecule has 2 aliphatic rings. The molecule has 0 spiro atoms. The number of rotatable bonds is 3. The molecule has 1 fully saturated rings. The van der Waals surface area contributed by atoms with Crippen LogP contribution in [0.4, 0.5) is 0 Å². The summed E-state index contributed by atoms with van der Waals surface area (Å²) < 4.78 is 20.7. The highest BCUT2D eigenvalue weighted by Crippen LogP contribution is 2.25. The zero-order chi connectivity index (χ0) is 13.2. The smallest absolute Gasteiger partial charge is 0.349 e. The van der Waals surface area contributed by atoms with E-state index in [-0.39, 0.29) is 6.61 Å². The summed E-state index contributed by atoms with van der Waals surface area (Å²) in [5.74, 6) is -1.34. The molecule has 6 heteroatoms. The topological polar surface area (TPSA) is 74.2 Å². The number of carbonyl (C=O) groups is 1. The van der Waals surface area contributed by atoms with Gasteiger partial charge >= 0.3 is 5.97 Å². The van der Waals surface area contributed by atoms with E-state index in [1.54, 1.807) is 13.8 Å². The molecule has 3 unspecified atom stereocenters. The lowest BCUT2D eigenvalue weighted by molar-refractivity contribution is -0.211. The molecule has 0 amide bonds. The number of ether oxygens (including phenoxy) is 4. The highest BCUT2D eigenvalue weighted by atomic mass is 16.8. The van der Waals surface area contributed by atoms with E-state index >= 15 is 0 Å². The van der Waals surface area contributed by atoms with E-state index in [2.05, 4.69) is 0 Å². The summed E-state index contributed by atoms with van der Waals surface area (Å²) in [4.78, 5) is 11.7. The molecule has 1 saturated heterocycles. The van der Waals surface area contributed by atoms with Crippen molar-refractivity contribution >= 4 is 5.97 Å². The van der Waals surface area contributed by atoms with Gasteiger partial charge in [0.2, 0.25) is 6.29 Å². The molecule has 6 nitrogen and oxygen atoms in total. The van der Waals surface area contributed by atoms with E-state index in [1.807, 2.05) is 6.08 Å². The number of esters is 1. The van der Waals surface area contributed by atoms with Crippen LogP contribution in [-0.2, 0) is 23.7 Å². The lowest BCUT2D eigenvalue weighted by Gasteiger charge is -2.23. The molecule has 0 aromatic rings. The largest absolute Gasteiger partial charge is 0.487 e. The lowest BCUT2D eigenvalue weighted by Crippen LogP contribution is -2.38. The van der Waals surface area contributed by atoms with Crippen LogP contribution in [0.1, 0.15) is 26.7 Å². The molecule has 0 aromatic heterocycles. The normalized spacial score (nSPS) is 31.7. The van der Waals surface area contributed by atoms with Gasteiger partial charge < -0.3 is 24.1 Å². The minimum atomic E-state index is -1.34. The lowest BCUT2D eigenvalue weighted by atomic mass is 10.1. The standard InChI is InChI=1S/C12H18O6/c1-12(2)16-7-9(18-12)11(14)17-10(13)8-5-3-4-6-15-8/h4,6,8-9,11,14H,3,5,7H2,1-2H3. The molecular formula is C12H18O6. The third-order valence-corrected chi connectivity index (χ3v) is 2.78. The SMILES string of the molecule is CC1(C)OCC(C(O)OC(=O)C2CCC=CO2)O1. The van der Waals surface area contributed by atoms with Gasteiger partial charge in [0.05, 0.1) is 12.9 Å². The molecule has 102 valence electrons. The third-order valence-electron chi connectivity index (χ3n) is 2.78. The fraction of sp³-hybridized carbons (Fsp3) is 0.750. The summed E-state index contributed by atoms with van der Waals surface area (Å²) >= 11 is 0. The van der Waals surface area contributed by atoms with Crippen molar-refractivity contribution in [1.82, 2.24) is 0 Å². The summed E-state index contributed by atoms with van der Waals surface area (Å²) in [6.07, 6.45) is 1.95. The van der Waals surface area contributed by atoms with Crippen LogP contribution in [0.15, 0.2) is 12.3 Å². The van der Waals surface area contributed by atoms with Gasteiger partial charge in [0.25, 0.3) is 0 Å². The van der Waals surface area contributed by atoms with E-state index < -0.39 is 30.3 Å². The summed E-state index contributed by atoms with van der Waals surface area (Å²) in [6.45, 7) is 3.65. The van der Waals surface area contributed by atoms with Crippen molar-refractivity contribution in [2.45, 2.75) is 51.0 Å². The van der Waals surface area contributed by atoms with Gasteiger partial charge in [-0.1, -0.05) is 0 Å². The molecule has 0 radical (unpaired) electrons. The van der Waals surface area contributed by atoms with Crippen LogP contribution in [0.5, 0.6) is 0 Å². The van der Waals surface area contributed by atoms with Crippen LogP contribution in [-0.4, -0.2) is 42.0 Å². The van der Waals surface area contributed by atoms with Crippen molar-refractivity contribution in [3.63, 3.8) is 0 Å². The van der Waals surface area contributed by atoms with Crippen molar-refractivity contribution in [1.29, 1.82) is 0 Å².